The van der Waals surface area contributed by atoms with E-state index < -0.39 is 0 Å². The van der Waals surface area contributed by atoms with Gasteiger partial charge in [-0.25, -0.2) is 9.97 Å². The van der Waals surface area contributed by atoms with Crippen molar-refractivity contribution >= 4 is 0 Å². The molecule has 30 heavy (non-hydrogen) atoms. The molecule has 2 rings (SSSR count). The summed E-state index contributed by atoms with van der Waals surface area (Å²) in [6.45, 7) is 6.93. The summed E-state index contributed by atoms with van der Waals surface area (Å²) >= 11 is 0. The van der Waals surface area contributed by atoms with Crippen molar-refractivity contribution in [3.05, 3.63) is 47.8 Å². The van der Waals surface area contributed by atoms with Gasteiger partial charge in [-0.2, -0.15) is 0 Å². The van der Waals surface area contributed by atoms with E-state index in [2.05, 4.69) is 55.0 Å². The highest BCUT2D eigenvalue weighted by molar-refractivity contribution is 5.55. The zero-order valence-corrected chi connectivity index (χ0v) is 19.8. The summed E-state index contributed by atoms with van der Waals surface area (Å²) in [5, 5.41) is 0. The predicted molar refractivity (Wildman–Crippen MR) is 131 cm³/mol. The Kier molecular flexibility index (Phi) is 12.4. The van der Waals surface area contributed by atoms with E-state index in [9.17, 15) is 0 Å². The smallest absolute Gasteiger partial charge is 0.159 e. The van der Waals surface area contributed by atoms with Crippen LogP contribution in [0.4, 0.5) is 0 Å². The third-order valence-electron chi connectivity index (χ3n) is 6.35. The lowest BCUT2D eigenvalue weighted by molar-refractivity contribution is 0.471. The molecular weight excluding hydrogens is 364 g/mol. The predicted octanol–water partition coefficient (Wildman–Crippen LogP) is 8.59. The second-order valence-electron chi connectivity index (χ2n) is 9.10. The molecular formula is C28H44N2. The molecule has 1 unspecified atom stereocenters. The highest BCUT2D eigenvalue weighted by Crippen LogP contribution is 2.18. The van der Waals surface area contributed by atoms with Gasteiger partial charge in [-0.1, -0.05) is 109 Å². The maximum atomic E-state index is 4.59. The molecule has 1 aromatic carbocycles. The second-order valence-corrected chi connectivity index (χ2v) is 9.10. The quantitative estimate of drug-likeness (QED) is 0.260. The summed E-state index contributed by atoms with van der Waals surface area (Å²) in [7, 11) is 0. The van der Waals surface area contributed by atoms with E-state index >= 15 is 0 Å². The van der Waals surface area contributed by atoms with Gasteiger partial charge in [0.15, 0.2) is 5.82 Å². The molecule has 0 amide bonds. The maximum Gasteiger partial charge on any atom is 0.159 e. The van der Waals surface area contributed by atoms with Crippen LogP contribution in [-0.4, -0.2) is 9.97 Å². The average Bonchev–Trinajstić information content (AvgIpc) is 2.79. The number of hydrogen-bond donors (Lipinski definition) is 0. The Hall–Kier alpha value is -1.70. The molecule has 0 aliphatic rings. The number of nitrogens with zero attached hydrogens (tertiary/aromatic N) is 2. The van der Waals surface area contributed by atoms with Crippen molar-refractivity contribution in [2.45, 2.75) is 111 Å². The van der Waals surface area contributed by atoms with Gasteiger partial charge in [-0.05, 0) is 42.7 Å². The molecule has 0 N–H and O–H groups in total. The number of hydrogen-bond acceptors (Lipinski definition) is 2. The molecule has 2 nitrogen and oxygen atoms in total. The van der Waals surface area contributed by atoms with Crippen LogP contribution >= 0.6 is 0 Å². The fraction of sp³-hybridized carbons (Fsp3) is 0.643. The minimum atomic E-state index is 0.844. The first-order valence-corrected chi connectivity index (χ1v) is 12.6. The number of aryl methyl sites for hydroxylation is 2. The zero-order chi connectivity index (χ0) is 21.4. The van der Waals surface area contributed by atoms with Gasteiger partial charge < -0.3 is 0 Å². The first-order chi connectivity index (χ1) is 14.7. The molecule has 0 aliphatic heterocycles. The van der Waals surface area contributed by atoms with Crippen LogP contribution in [0.15, 0.2) is 36.7 Å². The Bertz CT molecular complexity index is 660. The van der Waals surface area contributed by atoms with Gasteiger partial charge in [0.25, 0.3) is 0 Å². The molecule has 0 saturated carbocycles. The largest absolute Gasteiger partial charge is 0.236 e. The summed E-state index contributed by atoms with van der Waals surface area (Å²) in [4.78, 5) is 9.19. The van der Waals surface area contributed by atoms with Crippen LogP contribution < -0.4 is 0 Å². The minimum absolute atomic E-state index is 0.844. The fourth-order valence-electron chi connectivity index (χ4n) is 3.94. The van der Waals surface area contributed by atoms with E-state index in [1.165, 1.54) is 94.6 Å². The van der Waals surface area contributed by atoms with E-state index in [1.807, 2.05) is 12.4 Å². The first kappa shape index (κ1) is 24.6. The Balaban J connectivity index is 1.63. The van der Waals surface area contributed by atoms with Crippen LogP contribution in [0.25, 0.3) is 11.4 Å². The van der Waals surface area contributed by atoms with Gasteiger partial charge in [-0.15, -0.1) is 0 Å². The third-order valence-corrected chi connectivity index (χ3v) is 6.35. The molecule has 2 aromatic rings. The summed E-state index contributed by atoms with van der Waals surface area (Å²) in [5.41, 5.74) is 3.81. The second kappa shape index (κ2) is 15.2. The van der Waals surface area contributed by atoms with Crippen LogP contribution in [0.3, 0.4) is 0 Å². The molecule has 1 aromatic heterocycles. The van der Waals surface area contributed by atoms with Crippen molar-refractivity contribution < 1.29 is 0 Å². The third kappa shape index (κ3) is 9.87. The Labute approximate surface area is 185 Å². The molecule has 0 bridgehead atoms. The van der Waals surface area contributed by atoms with Crippen molar-refractivity contribution in [2.24, 2.45) is 5.92 Å². The van der Waals surface area contributed by atoms with Crippen molar-refractivity contribution in [1.29, 1.82) is 0 Å². The molecule has 2 heteroatoms. The van der Waals surface area contributed by atoms with Gasteiger partial charge >= 0.3 is 0 Å². The first-order valence-electron chi connectivity index (χ1n) is 12.6. The highest BCUT2D eigenvalue weighted by Gasteiger charge is 2.03. The van der Waals surface area contributed by atoms with Crippen LogP contribution in [0.5, 0.6) is 0 Å². The Morgan fingerprint density at radius 3 is 1.87 bits per heavy atom. The Morgan fingerprint density at radius 1 is 0.667 bits per heavy atom. The molecule has 1 atom stereocenters. The highest BCUT2D eigenvalue weighted by atomic mass is 14.9. The molecule has 166 valence electrons. The van der Waals surface area contributed by atoms with Gasteiger partial charge in [0.2, 0.25) is 0 Å². The summed E-state index contributed by atoms with van der Waals surface area (Å²) < 4.78 is 0. The molecule has 0 aliphatic carbocycles. The Morgan fingerprint density at radius 2 is 1.23 bits per heavy atom. The number of benzene rings is 1. The lowest BCUT2D eigenvalue weighted by Crippen LogP contribution is -1.94. The molecule has 0 spiro atoms. The topological polar surface area (TPSA) is 25.8 Å². The van der Waals surface area contributed by atoms with Gasteiger partial charge in [0.05, 0.1) is 0 Å². The number of unbranched alkanes of at least 4 members (excludes halogenated alkanes) is 8. The molecule has 0 saturated heterocycles. The van der Waals surface area contributed by atoms with E-state index in [-0.39, 0.29) is 0 Å². The van der Waals surface area contributed by atoms with E-state index in [4.69, 9.17) is 0 Å². The normalized spacial score (nSPS) is 12.2. The summed E-state index contributed by atoms with van der Waals surface area (Å²) in [6, 6.07) is 8.87. The van der Waals surface area contributed by atoms with Crippen LogP contribution in [0.1, 0.15) is 109 Å². The van der Waals surface area contributed by atoms with Crippen LogP contribution in [0, 0.1) is 5.92 Å². The van der Waals surface area contributed by atoms with E-state index in [0.29, 0.717) is 0 Å². The summed E-state index contributed by atoms with van der Waals surface area (Å²) in [5.74, 6) is 1.75. The van der Waals surface area contributed by atoms with Crippen LogP contribution in [0.2, 0.25) is 0 Å². The fourth-order valence-corrected chi connectivity index (χ4v) is 3.94. The lowest BCUT2D eigenvalue weighted by Gasteiger charge is -2.07. The molecule has 1 heterocycles. The standard InChI is InChI=1S/C28H44N2/c1-4-6-7-13-17-26-22-29-28(30-23-26)27-20-18-25(19-21-27)16-14-11-9-8-10-12-15-24(3)5-2/h18-24H,4-17H2,1-3H3. The molecule has 0 radical (unpaired) electrons. The zero-order valence-electron chi connectivity index (χ0n) is 19.8. The molecule has 0 fully saturated rings. The van der Waals surface area contributed by atoms with Gasteiger partial charge in [0, 0.05) is 18.0 Å². The lowest BCUT2D eigenvalue weighted by atomic mass is 9.99. The van der Waals surface area contributed by atoms with Crippen molar-refractivity contribution in [2.75, 3.05) is 0 Å². The number of rotatable bonds is 16. The van der Waals surface area contributed by atoms with Crippen molar-refractivity contribution in [1.82, 2.24) is 9.97 Å². The SMILES string of the molecule is CCCCCCc1cnc(-c2ccc(CCCCCCCCC(C)CC)cc2)nc1. The van der Waals surface area contributed by atoms with E-state index in [1.54, 1.807) is 0 Å². The maximum absolute atomic E-state index is 4.59. The number of aromatic nitrogens is 2. The van der Waals surface area contributed by atoms with Gasteiger partial charge in [0.1, 0.15) is 0 Å². The van der Waals surface area contributed by atoms with Gasteiger partial charge in [-0.3, -0.25) is 0 Å². The monoisotopic (exact) mass is 408 g/mol. The van der Waals surface area contributed by atoms with Crippen molar-refractivity contribution in [3.8, 4) is 11.4 Å². The minimum Gasteiger partial charge on any atom is -0.236 e. The van der Waals surface area contributed by atoms with E-state index in [0.717, 1.165) is 23.7 Å². The van der Waals surface area contributed by atoms with Crippen LogP contribution in [-0.2, 0) is 12.8 Å². The van der Waals surface area contributed by atoms with Crippen molar-refractivity contribution in [3.63, 3.8) is 0 Å². The summed E-state index contributed by atoms with van der Waals surface area (Å²) in [6.07, 6.45) is 22.5. The average molecular weight is 409 g/mol.